The molecule has 0 spiro atoms. The fourth-order valence-electron chi connectivity index (χ4n) is 2.59. The summed E-state index contributed by atoms with van der Waals surface area (Å²) in [6.07, 6.45) is 1.75. The van der Waals surface area contributed by atoms with Crippen LogP contribution in [0.5, 0.6) is 0 Å². The summed E-state index contributed by atoms with van der Waals surface area (Å²) in [6, 6.07) is 9.31. The van der Waals surface area contributed by atoms with Crippen LogP contribution in [0, 0.1) is 18.6 Å². The minimum Gasteiger partial charge on any atom is -0.333 e. The van der Waals surface area contributed by atoms with Gasteiger partial charge in [0.05, 0.1) is 17.9 Å². The first-order valence-corrected chi connectivity index (χ1v) is 9.44. The van der Waals surface area contributed by atoms with Gasteiger partial charge in [-0.1, -0.05) is 31.7 Å². The third-order valence-electron chi connectivity index (χ3n) is 3.78. The maximum Gasteiger partial charge on any atom is 0.127 e. The second-order valence-corrected chi connectivity index (χ2v) is 7.18. The molecule has 27 heavy (non-hydrogen) atoms. The van der Waals surface area contributed by atoms with E-state index in [1.807, 2.05) is 29.7 Å². The van der Waals surface area contributed by atoms with Crippen molar-refractivity contribution in [2.24, 2.45) is 5.73 Å². The van der Waals surface area contributed by atoms with E-state index in [1.54, 1.807) is 6.20 Å². The van der Waals surface area contributed by atoms with E-state index in [9.17, 15) is 8.78 Å². The molecule has 0 aliphatic rings. The molecule has 0 bridgehead atoms. The number of nitrogens with zero attached hydrogens (tertiary/aromatic N) is 3. The zero-order chi connectivity index (χ0) is 20.0. The van der Waals surface area contributed by atoms with Gasteiger partial charge in [-0.15, -0.1) is 0 Å². The highest BCUT2D eigenvalue weighted by molar-refractivity contribution is 7.99. The van der Waals surface area contributed by atoms with Crippen molar-refractivity contribution in [3.8, 4) is 0 Å². The summed E-state index contributed by atoms with van der Waals surface area (Å²) in [5.74, 6) is -0.111. The number of benzene rings is 1. The number of nitrogens with two attached hydrogens (primary N) is 1. The normalized spacial score (nSPS) is 10.7. The molecule has 0 aliphatic heterocycles. The molecule has 144 valence electrons. The van der Waals surface area contributed by atoms with Crippen LogP contribution in [-0.4, -0.2) is 21.6 Å². The Kier molecular flexibility index (Phi) is 7.50. The lowest BCUT2D eigenvalue weighted by atomic mass is 10.1. The van der Waals surface area contributed by atoms with Crippen molar-refractivity contribution < 1.29 is 8.78 Å². The molecule has 0 unspecified atom stereocenters. The summed E-state index contributed by atoms with van der Waals surface area (Å²) in [6.45, 7) is 6.61. The standard InChI is InChI=1S/C19H19F2N3S.CH5N/c1-12(2)18-19(25-17-9-14(20)8-15(21)10-17)24(13(3)23-18)11-16-6-4-5-7-22-16;1-2/h4-10,12H,11H2,1-3H3;2H2,1H3. The summed E-state index contributed by atoms with van der Waals surface area (Å²) in [7, 11) is 1.50. The van der Waals surface area contributed by atoms with Crippen molar-refractivity contribution >= 4 is 11.8 Å². The average Bonchev–Trinajstić information content (AvgIpc) is 2.93. The average molecular weight is 391 g/mol. The first-order chi connectivity index (χ1) is 12.9. The third kappa shape index (κ3) is 5.37. The minimum atomic E-state index is -0.582. The molecule has 4 nitrogen and oxygen atoms in total. The summed E-state index contributed by atoms with van der Waals surface area (Å²) < 4.78 is 29.2. The minimum absolute atomic E-state index is 0.199. The lowest BCUT2D eigenvalue weighted by Crippen LogP contribution is -2.05. The van der Waals surface area contributed by atoms with Crippen LogP contribution in [0.4, 0.5) is 8.78 Å². The second kappa shape index (κ2) is 9.62. The number of aromatic nitrogens is 3. The Balaban J connectivity index is 0.00000126. The topological polar surface area (TPSA) is 56.7 Å². The molecule has 2 N–H and O–H groups in total. The van der Waals surface area contributed by atoms with E-state index in [1.165, 1.54) is 30.9 Å². The van der Waals surface area contributed by atoms with Gasteiger partial charge >= 0.3 is 0 Å². The molecule has 2 aromatic heterocycles. The number of halogens is 2. The van der Waals surface area contributed by atoms with Gasteiger partial charge < -0.3 is 10.3 Å². The molecule has 0 radical (unpaired) electrons. The van der Waals surface area contributed by atoms with Gasteiger partial charge in [0.25, 0.3) is 0 Å². The van der Waals surface area contributed by atoms with Crippen LogP contribution in [0.3, 0.4) is 0 Å². The fourth-order valence-corrected chi connectivity index (χ4v) is 3.85. The smallest absolute Gasteiger partial charge is 0.127 e. The van der Waals surface area contributed by atoms with Crippen molar-refractivity contribution in [1.29, 1.82) is 0 Å². The Hall–Kier alpha value is -2.25. The highest BCUT2D eigenvalue weighted by Gasteiger charge is 2.19. The zero-order valence-corrected chi connectivity index (χ0v) is 16.7. The van der Waals surface area contributed by atoms with E-state index in [4.69, 9.17) is 0 Å². The van der Waals surface area contributed by atoms with Gasteiger partial charge in [0.1, 0.15) is 22.5 Å². The number of hydrogen-bond acceptors (Lipinski definition) is 4. The van der Waals surface area contributed by atoms with Crippen molar-refractivity contribution in [2.75, 3.05) is 7.05 Å². The molecule has 0 aliphatic carbocycles. The van der Waals surface area contributed by atoms with Crippen molar-refractivity contribution in [3.05, 3.63) is 71.4 Å². The van der Waals surface area contributed by atoms with Crippen LogP contribution >= 0.6 is 11.8 Å². The van der Waals surface area contributed by atoms with Crippen molar-refractivity contribution in [3.63, 3.8) is 0 Å². The summed E-state index contributed by atoms with van der Waals surface area (Å²) in [5, 5.41) is 0.892. The molecule has 0 amide bonds. The Labute approximate surface area is 162 Å². The van der Waals surface area contributed by atoms with Crippen LogP contribution in [0.2, 0.25) is 0 Å². The SMILES string of the molecule is CN.Cc1nc(C(C)C)c(Sc2cc(F)cc(F)c2)n1Cc1ccccn1. The van der Waals surface area contributed by atoms with Gasteiger partial charge in [0, 0.05) is 17.2 Å². The maximum atomic E-state index is 13.6. The van der Waals surface area contributed by atoms with E-state index in [-0.39, 0.29) is 5.92 Å². The van der Waals surface area contributed by atoms with Gasteiger partial charge in [-0.3, -0.25) is 4.98 Å². The predicted octanol–water partition coefficient (Wildman–Crippen LogP) is 4.76. The zero-order valence-electron chi connectivity index (χ0n) is 15.9. The van der Waals surface area contributed by atoms with E-state index in [0.717, 1.165) is 28.3 Å². The molecule has 7 heteroatoms. The predicted molar refractivity (Wildman–Crippen MR) is 105 cm³/mol. The summed E-state index contributed by atoms with van der Waals surface area (Å²) in [4.78, 5) is 9.56. The van der Waals surface area contributed by atoms with Gasteiger partial charge in [-0.2, -0.15) is 0 Å². The monoisotopic (exact) mass is 390 g/mol. The molecular weight excluding hydrogens is 366 g/mol. The largest absolute Gasteiger partial charge is 0.333 e. The van der Waals surface area contributed by atoms with Gasteiger partial charge in [0.15, 0.2) is 0 Å². The van der Waals surface area contributed by atoms with Crippen molar-refractivity contribution in [1.82, 2.24) is 14.5 Å². The lowest BCUT2D eigenvalue weighted by Gasteiger charge is -2.12. The number of rotatable bonds is 5. The van der Waals surface area contributed by atoms with Gasteiger partial charge in [-0.05, 0) is 44.2 Å². The molecule has 0 atom stereocenters. The Morgan fingerprint density at radius 1 is 1.11 bits per heavy atom. The first kappa shape index (κ1) is 21.1. The number of pyridine rings is 1. The molecule has 3 aromatic rings. The second-order valence-electron chi connectivity index (χ2n) is 6.12. The summed E-state index contributed by atoms with van der Waals surface area (Å²) >= 11 is 1.33. The van der Waals surface area contributed by atoms with Gasteiger partial charge in [-0.25, -0.2) is 13.8 Å². The van der Waals surface area contributed by atoms with Crippen LogP contribution in [0.1, 0.15) is 37.0 Å². The Morgan fingerprint density at radius 2 is 1.78 bits per heavy atom. The quantitative estimate of drug-likeness (QED) is 0.682. The fraction of sp³-hybridized carbons (Fsp3) is 0.300. The highest BCUT2D eigenvalue weighted by Crippen LogP contribution is 2.35. The number of hydrogen-bond donors (Lipinski definition) is 1. The third-order valence-corrected chi connectivity index (χ3v) is 4.88. The summed E-state index contributed by atoms with van der Waals surface area (Å²) in [5.41, 5.74) is 6.33. The highest BCUT2D eigenvalue weighted by atomic mass is 32.2. The number of aryl methyl sites for hydroxylation is 1. The molecule has 1 aromatic carbocycles. The van der Waals surface area contributed by atoms with E-state index in [0.29, 0.717) is 11.4 Å². The van der Waals surface area contributed by atoms with Crippen LogP contribution in [0.15, 0.2) is 52.5 Å². The van der Waals surface area contributed by atoms with Crippen LogP contribution in [0.25, 0.3) is 0 Å². The molecule has 3 rings (SSSR count). The van der Waals surface area contributed by atoms with E-state index >= 15 is 0 Å². The maximum absolute atomic E-state index is 13.6. The Morgan fingerprint density at radius 3 is 2.33 bits per heavy atom. The number of imidazole rings is 1. The van der Waals surface area contributed by atoms with Crippen LogP contribution in [-0.2, 0) is 6.54 Å². The molecule has 0 saturated carbocycles. The van der Waals surface area contributed by atoms with E-state index < -0.39 is 11.6 Å². The molecule has 2 heterocycles. The lowest BCUT2D eigenvalue weighted by molar-refractivity contribution is 0.577. The first-order valence-electron chi connectivity index (χ1n) is 8.62. The van der Waals surface area contributed by atoms with E-state index in [2.05, 4.69) is 29.5 Å². The van der Waals surface area contributed by atoms with Crippen LogP contribution < -0.4 is 5.73 Å². The van der Waals surface area contributed by atoms with Gasteiger partial charge in [0.2, 0.25) is 0 Å². The Bertz CT molecular complexity index is 859. The molecule has 0 saturated heterocycles. The molecule has 0 fully saturated rings. The van der Waals surface area contributed by atoms with Crippen molar-refractivity contribution in [2.45, 2.75) is 43.2 Å². The molecular formula is C20H24F2N4S.